The molecule has 1 N–H and O–H groups in total. The Labute approximate surface area is 192 Å². The molecule has 0 fully saturated rings. The van der Waals surface area contributed by atoms with E-state index in [1.807, 2.05) is 6.07 Å². The van der Waals surface area contributed by atoms with E-state index in [1.165, 1.54) is 24.3 Å². The molecule has 160 valence electrons. The largest absolute Gasteiger partial charge is 0.478 e. The average Bonchev–Trinajstić information content (AvgIpc) is 2.83. The summed E-state index contributed by atoms with van der Waals surface area (Å²) in [6, 6.07) is 20.6. The molecule has 5 rings (SSSR count). The zero-order valence-corrected chi connectivity index (χ0v) is 17.7. The first-order valence-electron chi connectivity index (χ1n) is 9.95. The molecule has 0 radical (unpaired) electrons. The molecule has 1 aliphatic rings. The van der Waals surface area contributed by atoms with Crippen LogP contribution >= 0.6 is 11.6 Å². The Bertz CT molecular complexity index is 1490. The van der Waals surface area contributed by atoms with E-state index in [1.54, 1.807) is 48.5 Å². The Balaban J connectivity index is 1.70. The number of carboxylic acid groups (broad SMARTS) is 1. The predicted molar refractivity (Wildman–Crippen MR) is 123 cm³/mol. The van der Waals surface area contributed by atoms with Crippen molar-refractivity contribution in [3.8, 4) is 0 Å². The molecule has 7 heteroatoms. The van der Waals surface area contributed by atoms with Crippen LogP contribution in [0, 0.1) is 0 Å². The van der Waals surface area contributed by atoms with E-state index in [4.69, 9.17) is 11.6 Å². The van der Waals surface area contributed by atoms with Gasteiger partial charge in [0.15, 0.2) is 5.78 Å². The van der Waals surface area contributed by atoms with E-state index in [-0.39, 0.29) is 33.2 Å². The summed E-state index contributed by atoms with van der Waals surface area (Å²) in [4.78, 5) is 52.3. The van der Waals surface area contributed by atoms with Gasteiger partial charge in [-0.3, -0.25) is 14.4 Å². The summed E-state index contributed by atoms with van der Waals surface area (Å²) < 4.78 is 0. The SMILES string of the molecule is O=C(O)c1ccc(Cl)c(N2C(=O)c3cccc4c(C(=O)c5ccccc5)ccc(c34)C2=O)c1. The Morgan fingerprint density at radius 3 is 2.15 bits per heavy atom. The highest BCUT2D eigenvalue weighted by molar-refractivity contribution is 6.41. The van der Waals surface area contributed by atoms with Crippen LogP contribution in [0.2, 0.25) is 5.02 Å². The van der Waals surface area contributed by atoms with Crippen LogP contribution in [0.1, 0.15) is 47.0 Å². The van der Waals surface area contributed by atoms with Crippen molar-refractivity contribution in [3.63, 3.8) is 0 Å². The fourth-order valence-corrected chi connectivity index (χ4v) is 4.28. The van der Waals surface area contributed by atoms with Gasteiger partial charge in [-0.1, -0.05) is 54.1 Å². The third-order valence-electron chi connectivity index (χ3n) is 5.62. The molecule has 4 aromatic carbocycles. The number of aromatic carboxylic acids is 1. The molecule has 0 spiro atoms. The normalized spacial score (nSPS) is 12.8. The molecule has 6 nitrogen and oxygen atoms in total. The van der Waals surface area contributed by atoms with Crippen molar-refractivity contribution in [1.29, 1.82) is 0 Å². The van der Waals surface area contributed by atoms with Crippen molar-refractivity contribution in [1.82, 2.24) is 0 Å². The maximum Gasteiger partial charge on any atom is 0.335 e. The van der Waals surface area contributed by atoms with Crippen molar-refractivity contribution < 1.29 is 24.3 Å². The highest BCUT2D eigenvalue weighted by Crippen LogP contribution is 2.37. The van der Waals surface area contributed by atoms with Crippen LogP contribution in [-0.2, 0) is 0 Å². The number of rotatable bonds is 4. The van der Waals surface area contributed by atoms with Gasteiger partial charge in [0.05, 0.1) is 16.3 Å². The van der Waals surface area contributed by atoms with Gasteiger partial charge in [0.2, 0.25) is 0 Å². The zero-order chi connectivity index (χ0) is 23.3. The smallest absolute Gasteiger partial charge is 0.335 e. The number of halogens is 1. The van der Waals surface area contributed by atoms with E-state index < -0.39 is 17.8 Å². The second-order valence-electron chi connectivity index (χ2n) is 7.50. The fraction of sp³-hybridized carbons (Fsp3) is 0. The number of hydrogen-bond donors (Lipinski definition) is 1. The van der Waals surface area contributed by atoms with Crippen molar-refractivity contribution in [3.05, 3.63) is 112 Å². The molecular formula is C26H14ClNO5. The van der Waals surface area contributed by atoms with Gasteiger partial charge in [0, 0.05) is 27.6 Å². The standard InChI is InChI=1S/C26H14ClNO5/c27-20-12-9-15(26(32)33)13-21(20)28-24(30)18-8-4-7-16-17(10-11-19(22(16)18)25(28)31)23(29)14-5-2-1-3-6-14/h1-13H,(H,32,33). The average molecular weight is 456 g/mol. The van der Waals surface area contributed by atoms with Gasteiger partial charge in [-0.05, 0) is 41.8 Å². The number of anilines is 1. The molecule has 1 aliphatic heterocycles. The van der Waals surface area contributed by atoms with Gasteiger partial charge in [0.25, 0.3) is 11.8 Å². The van der Waals surface area contributed by atoms with Gasteiger partial charge >= 0.3 is 5.97 Å². The third-order valence-corrected chi connectivity index (χ3v) is 5.94. The summed E-state index contributed by atoms with van der Waals surface area (Å²) in [5.74, 6) is -2.73. The highest BCUT2D eigenvalue weighted by atomic mass is 35.5. The van der Waals surface area contributed by atoms with Gasteiger partial charge in [-0.15, -0.1) is 0 Å². The van der Waals surface area contributed by atoms with Crippen LogP contribution in [0.4, 0.5) is 5.69 Å². The highest BCUT2D eigenvalue weighted by Gasteiger charge is 2.36. The first-order chi connectivity index (χ1) is 15.9. The number of carbonyl (C=O) groups excluding carboxylic acids is 3. The Kier molecular flexibility index (Phi) is 4.80. The maximum atomic E-state index is 13.4. The predicted octanol–water partition coefficient (Wildman–Crippen LogP) is 5.22. The number of ketones is 1. The van der Waals surface area contributed by atoms with Crippen molar-refractivity contribution in [2.45, 2.75) is 0 Å². The van der Waals surface area contributed by atoms with Crippen LogP contribution in [-0.4, -0.2) is 28.7 Å². The Hall–Kier alpha value is -4.29. The lowest BCUT2D eigenvalue weighted by molar-refractivity contribution is 0.0695. The number of carbonyl (C=O) groups is 4. The minimum Gasteiger partial charge on any atom is -0.478 e. The number of amides is 2. The van der Waals surface area contributed by atoms with Crippen LogP contribution in [0.5, 0.6) is 0 Å². The van der Waals surface area contributed by atoms with Gasteiger partial charge in [0.1, 0.15) is 0 Å². The van der Waals surface area contributed by atoms with Crippen LogP contribution in [0.3, 0.4) is 0 Å². The van der Waals surface area contributed by atoms with E-state index in [0.717, 1.165) is 4.90 Å². The second kappa shape index (κ2) is 7.69. The quantitative estimate of drug-likeness (QED) is 0.336. The van der Waals surface area contributed by atoms with Gasteiger partial charge in [-0.25, -0.2) is 9.69 Å². The van der Waals surface area contributed by atoms with Crippen molar-refractivity contribution in [2.75, 3.05) is 4.90 Å². The summed E-state index contributed by atoms with van der Waals surface area (Å²) in [6.07, 6.45) is 0. The summed E-state index contributed by atoms with van der Waals surface area (Å²) in [5, 5.41) is 10.3. The third kappa shape index (κ3) is 3.20. The molecule has 4 aromatic rings. The Morgan fingerprint density at radius 2 is 1.45 bits per heavy atom. The fourth-order valence-electron chi connectivity index (χ4n) is 4.08. The number of benzene rings is 4. The molecule has 0 saturated heterocycles. The first-order valence-corrected chi connectivity index (χ1v) is 10.3. The van der Waals surface area contributed by atoms with Crippen LogP contribution < -0.4 is 4.90 Å². The summed E-state index contributed by atoms with van der Waals surface area (Å²) >= 11 is 6.25. The second-order valence-corrected chi connectivity index (χ2v) is 7.91. The summed E-state index contributed by atoms with van der Waals surface area (Å²) in [6.45, 7) is 0. The van der Waals surface area contributed by atoms with Crippen LogP contribution in [0.25, 0.3) is 10.8 Å². The molecular weight excluding hydrogens is 442 g/mol. The van der Waals surface area contributed by atoms with E-state index >= 15 is 0 Å². The molecule has 0 unspecified atom stereocenters. The monoisotopic (exact) mass is 455 g/mol. The van der Waals surface area contributed by atoms with E-state index in [0.29, 0.717) is 21.9 Å². The Morgan fingerprint density at radius 1 is 0.758 bits per heavy atom. The van der Waals surface area contributed by atoms with E-state index in [9.17, 15) is 24.3 Å². The zero-order valence-electron chi connectivity index (χ0n) is 16.9. The van der Waals surface area contributed by atoms with Gasteiger partial charge in [-0.2, -0.15) is 0 Å². The molecule has 0 aliphatic carbocycles. The summed E-state index contributed by atoms with van der Waals surface area (Å²) in [5.41, 5.74) is 1.19. The topological polar surface area (TPSA) is 91.8 Å². The molecule has 0 saturated carbocycles. The number of nitrogens with zero attached hydrogens (tertiary/aromatic N) is 1. The van der Waals surface area contributed by atoms with Crippen LogP contribution in [0.15, 0.2) is 78.9 Å². The molecule has 0 bridgehead atoms. The molecule has 1 heterocycles. The minimum atomic E-state index is -1.21. The van der Waals surface area contributed by atoms with Crippen molar-refractivity contribution in [2.24, 2.45) is 0 Å². The van der Waals surface area contributed by atoms with Crippen molar-refractivity contribution >= 4 is 51.6 Å². The number of imide groups is 1. The molecule has 0 atom stereocenters. The first kappa shape index (κ1) is 20.6. The maximum absolute atomic E-state index is 13.4. The lowest BCUT2D eigenvalue weighted by Crippen LogP contribution is -2.40. The lowest BCUT2D eigenvalue weighted by Gasteiger charge is -2.28. The summed E-state index contributed by atoms with van der Waals surface area (Å²) in [7, 11) is 0. The number of carboxylic acids is 1. The molecule has 2 amide bonds. The number of hydrogen-bond acceptors (Lipinski definition) is 4. The molecule has 33 heavy (non-hydrogen) atoms. The van der Waals surface area contributed by atoms with Gasteiger partial charge < -0.3 is 5.11 Å². The van der Waals surface area contributed by atoms with E-state index in [2.05, 4.69) is 0 Å². The molecule has 0 aromatic heterocycles. The lowest BCUT2D eigenvalue weighted by atomic mass is 9.88. The minimum absolute atomic E-state index is 0.0151.